The second kappa shape index (κ2) is 4.63. The molecule has 0 saturated heterocycles. The van der Waals surface area contributed by atoms with E-state index in [1.165, 1.54) is 12.1 Å². The van der Waals surface area contributed by atoms with Crippen LogP contribution in [0.1, 0.15) is 19.4 Å². The lowest BCUT2D eigenvalue weighted by atomic mass is 10.2. The Bertz CT molecular complexity index is 286. The fraction of sp³-hybridized carbons (Fsp3) is 0.400. The summed E-state index contributed by atoms with van der Waals surface area (Å²) in [5.41, 5.74) is 0.665. The van der Waals surface area contributed by atoms with Gasteiger partial charge < -0.3 is 5.11 Å². The summed E-state index contributed by atoms with van der Waals surface area (Å²) in [6.07, 6.45) is 0. The Balaban J connectivity index is 2.92. The van der Waals surface area contributed by atoms with Crippen molar-refractivity contribution in [2.75, 3.05) is 0 Å². The molecule has 1 nitrogen and oxygen atoms in total. The highest BCUT2D eigenvalue weighted by Gasteiger charge is 2.05. The number of thioether (sulfide) groups is 1. The lowest BCUT2D eigenvalue weighted by Crippen LogP contribution is -1.93. The Morgan fingerprint density at radius 3 is 2.69 bits per heavy atom. The molecule has 1 N–H and O–H groups in total. The zero-order valence-corrected chi connectivity index (χ0v) is 8.57. The van der Waals surface area contributed by atoms with E-state index in [9.17, 15) is 4.39 Å². The molecule has 3 heteroatoms. The third-order valence-electron chi connectivity index (χ3n) is 1.56. The van der Waals surface area contributed by atoms with Crippen LogP contribution < -0.4 is 0 Å². The minimum Gasteiger partial charge on any atom is -0.392 e. The molecule has 0 heterocycles. The Morgan fingerprint density at radius 1 is 1.46 bits per heavy atom. The van der Waals surface area contributed by atoms with Gasteiger partial charge in [-0.3, -0.25) is 0 Å². The summed E-state index contributed by atoms with van der Waals surface area (Å²) >= 11 is 1.63. The standard InChI is InChI=1S/C10H13FOS/c1-7(2)13-10-4-3-9(11)5-8(10)6-12/h3-5,7,12H,6H2,1-2H3. The second-order valence-corrected chi connectivity index (χ2v) is 4.70. The van der Waals surface area contributed by atoms with Crippen molar-refractivity contribution in [3.63, 3.8) is 0 Å². The third kappa shape index (κ3) is 3.01. The summed E-state index contributed by atoms with van der Waals surface area (Å²) in [5.74, 6) is -0.294. The molecule has 72 valence electrons. The fourth-order valence-electron chi connectivity index (χ4n) is 1.04. The largest absolute Gasteiger partial charge is 0.392 e. The third-order valence-corrected chi connectivity index (χ3v) is 2.68. The van der Waals surface area contributed by atoms with Gasteiger partial charge in [-0.2, -0.15) is 0 Å². The Hall–Kier alpha value is -0.540. The molecule has 1 rings (SSSR count). The number of benzene rings is 1. The average Bonchev–Trinajstić information content (AvgIpc) is 2.07. The first kappa shape index (κ1) is 10.5. The van der Waals surface area contributed by atoms with Gasteiger partial charge in [0.15, 0.2) is 0 Å². The van der Waals surface area contributed by atoms with Gasteiger partial charge in [-0.05, 0) is 23.8 Å². The van der Waals surface area contributed by atoms with Crippen molar-refractivity contribution in [2.45, 2.75) is 30.6 Å². The first-order valence-electron chi connectivity index (χ1n) is 4.19. The monoisotopic (exact) mass is 200 g/mol. The molecule has 1 aromatic carbocycles. The van der Waals surface area contributed by atoms with E-state index in [0.29, 0.717) is 10.8 Å². The zero-order chi connectivity index (χ0) is 9.84. The smallest absolute Gasteiger partial charge is 0.123 e. The van der Waals surface area contributed by atoms with Crippen molar-refractivity contribution >= 4 is 11.8 Å². The van der Waals surface area contributed by atoms with Gasteiger partial charge in [-0.1, -0.05) is 13.8 Å². The van der Waals surface area contributed by atoms with Gasteiger partial charge in [0, 0.05) is 10.1 Å². The van der Waals surface area contributed by atoms with Gasteiger partial charge in [0.25, 0.3) is 0 Å². The first-order valence-corrected chi connectivity index (χ1v) is 5.07. The van der Waals surface area contributed by atoms with Crippen LogP contribution in [0.15, 0.2) is 23.1 Å². The number of halogens is 1. The van der Waals surface area contributed by atoms with Crippen LogP contribution in [-0.4, -0.2) is 10.4 Å². The molecule has 0 saturated carbocycles. The highest BCUT2D eigenvalue weighted by Crippen LogP contribution is 2.27. The van der Waals surface area contributed by atoms with Gasteiger partial charge >= 0.3 is 0 Å². The van der Waals surface area contributed by atoms with Crippen LogP contribution in [-0.2, 0) is 6.61 Å². The quantitative estimate of drug-likeness (QED) is 0.757. The fourth-order valence-corrected chi connectivity index (χ4v) is 1.97. The van der Waals surface area contributed by atoms with Crippen molar-refractivity contribution in [1.82, 2.24) is 0 Å². The molecule has 0 radical (unpaired) electrons. The molecular formula is C10H13FOS. The number of aliphatic hydroxyl groups is 1. The topological polar surface area (TPSA) is 20.2 Å². The highest BCUT2D eigenvalue weighted by molar-refractivity contribution is 8.00. The summed E-state index contributed by atoms with van der Waals surface area (Å²) in [5, 5.41) is 9.42. The van der Waals surface area contributed by atoms with Gasteiger partial charge in [-0.15, -0.1) is 11.8 Å². The minimum atomic E-state index is -0.294. The van der Waals surface area contributed by atoms with E-state index >= 15 is 0 Å². The van der Waals surface area contributed by atoms with Crippen LogP contribution >= 0.6 is 11.8 Å². The summed E-state index contributed by atoms with van der Waals surface area (Å²) in [6.45, 7) is 4.02. The van der Waals surface area contributed by atoms with Gasteiger partial charge in [0.05, 0.1) is 6.61 Å². The molecule has 0 unspecified atom stereocenters. The second-order valence-electron chi connectivity index (χ2n) is 3.08. The van der Waals surface area contributed by atoms with Crippen LogP contribution in [0.25, 0.3) is 0 Å². The zero-order valence-electron chi connectivity index (χ0n) is 7.75. The molecule has 0 aromatic heterocycles. The first-order chi connectivity index (χ1) is 6.13. The maximum Gasteiger partial charge on any atom is 0.123 e. The van der Waals surface area contributed by atoms with Crippen LogP contribution in [0.4, 0.5) is 4.39 Å². The Morgan fingerprint density at radius 2 is 2.15 bits per heavy atom. The van der Waals surface area contributed by atoms with Crippen molar-refractivity contribution in [3.8, 4) is 0 Å². The van der Waals surface area contributed by atoms with Crippen molar-refractivity contribution < 1.29 is 9.50 Å². The summed E-state index contributed by atoms with van der Waals surface area (Å²) < 4.78 is 12.8. The van der Waals surface area contributed by atoms with Crippen LogP contribution in [0.2, 0.25) is 0 Å². The van der Waals surface area contributed by atoms with E-state index in [2.05, 4.69) is 13.8 Å². The molecule has 0 atom stereocenters. The van der Waals surface area contributed by atoms with E-state index in [-0.39, 0.29) is 12.4 Å². The van der Waals surface area contributed by atoms with Gasteiger partial charge in [0.2, 0.25) is 0 Å². The van der Waals surface area contributed by atoms with E-state index in [4.69, 9.17) is 5.11 Å². The SMILES string of the molecule is CC(C)Sc1ccc(F)cc1CO. The predicted octanol–water partition coefficient (Wildman–Crippen LogP) is 2.82. The lowest BCUT2D eigenvalue weighted by molar-refractivity contribution is 0.278. The van der Waals surface area contributed by atoms with E-state index in [0.717, 1.165) is 4.90 Å². The normalized spacial score (nSPS) is 10.8. The van der Waals surface area contributed by atoms with E-state index < -0.39 is 0 Å². The molecule has 0 spiro atoms. The van der Waals surface area contributed by atoms with Crippen LogP contribution in [0.3, 0.4) is 0 Å². The number of rotatable bonds is 3. The molecule has 0 aliphatic carbocycles. The summed E-state index contributed by atoms with van der Waals surface area (Å²) in [6, 6.07) is 4.51. The number of hydrogen-bond donors (Lipinski definition) is 1. The average molecular weight is 200 g/mol. The molecule has 1 aromatic rings. The van der Waals surface area contributed by atoms with Crippen LogP contribution in [0, 0.1) is 5.82 Å². The molecule has 0 aliphatic heterocycles. The summed E-state index contributed by atoms with van der Waals surface area (Å²) in [7, 11) is 0. The van der Waals surface area contributed by atoms with Crippen LogP contribution in [0.5, 0.6) is 0 Å². The van der Waals surface area contributed by atoms with Crippen molar-refractivity contribution in [2.24, 2.45) is 0 Å². The lowest BCUT2D eigenvalue weighted by Gasteiger charge is -2.09. The van der Waals surface area contributed by atoms with Crippen molar-refractivity contribution in [3.05, 3.63) is 29.6 Å². The molecule has 13 heavy (non-hydrogen) atoms. The maximum atomic E-state index is 12.8. The van der Waals surface area contributed by atoms with Gasteiger partial charge in [-0.25, -0.2) is 4.39 Å². The van der Waals surface area contributed by atoms with Gasteiger partial charge in [0.1, 0.15) is 5.82 Å². The predicted molar refractivity (Wildman–Crippen MR) is 53.3 cm³/mol. The van der Waals surface area contributed by atoms with E-state index in [1.54, 1.807) is 17.8 Å². The summed E-state index contributed by atoms with van der Waals surface area (Å²) in [4.78, 5) is 0.957. The molecular weight excluding hydrogens is 187 g/mol. The Labute approximate surface area is 82.0 Å². The minimum absolute atomic E-state index is 0.104. The maximum absolute atomic E-state index is 12.8. The molecule has 0 amide bonds. The number of aliphatic hydroxyl groups excluding tert-OH is 1. The Kier molecular flexibility index (Phi) is 3.75. The molecule has 0 bridgehead atoms. The number of hydrogen-bond acceptors (Lipinski definition) is 2. The van der Waals surface area contributed by atoms with E-state index in [1.807, 2.05) is 0 Å². The molecule has 0 fully saturated rings. The highest BCUT2D eigenvalue weighted by atomic mass is 32.2. The van der Waals surface area contributed by atoms with Crippen molar-refractivity contribution in [1.29, 1.82) is 0 Å². The molecule has 0 aliphatic rings.